The molecule has 0 radical (unpaired) electrons. The Morgan fingerprint density at radius 1 is 1.13 bits per heavy atom. The molecule has 0 spiro atoms. The van der Waals surface area contributed by atoms with Crippen LogP contribution in [0, 0.1) is 0 Å². The summed E-state index contributed by atoms with van der Waals surface area (Å²) < 4.78 is 5.22. The maximum absolute atomic E-state index is 13.2. The lowest BCUT2D eigenvalue weighted by atomic mass is 10.1. The average molecular weight is 443 g/mol. The summed E-state index contributed by atoms with van der Waals surface area (Å²) in [6.07, 6.45) is 5.14. The van der Waals surface area contributed by atoms with E-state index in [0.717, 1.165) is 42.6 Å². The molecule has 0 unspecified atom stereocenters. The second-order valence-electron chi connectivity index (χ2n) is 8.13. The van der Waals surface area contributed by atoms with Crippen molar-refractivity contribution >= 4 is 23.4 Å². The van der Waals surface area contributed by atoms with Gasteiger partial charge in [-0.15, -0.1) is 0 Å². The highest BCUT2D eigenvalue weighted by molar-refractivity contribution is 6.31. The molecule has 1 aliphatic carbocycles. The normalized spacial score (nSPS) is 14.8. The molecule has 0 aromatic heterocycles. The molecule has 1 atom stereocenters. The van der Waals surface area contributed by atoms with Gasteiger partial charge in [0.2, 0.25) is 11.8 Å². The summed E-state index contributed by atoms with van der Waals surface area (Å²) in [4.78, 5) is 27.8. The van der Waals surface area contributed by atoms with Crippen molar-refractivity contribution in [1.29, 1.82) is 0 Å². The highest BCUT2D eigenvalue weighted by Gasteiger charge is 2.28. The van der Waals surface area contributed by atoms with E-state index in [-0.39, 0.29) is 17.9 Å². The van der Waals surface area contributed by atoms with Gasteiger partial charge in [-0.3, -0.25) is 9.59 Å². The minimum atomic E-state index is -0.554. The third-order valence-electron chi connectivity index (χ3n) is 5.95. The van der Waals surface area contributed by atoms with E-state index >= 15 is 0 Å². The van der Waals surface area contributed by atoms with Crippen molar-refractivity contribution < 1.29 is 14.3 Å². The summed E-state index contributed by atoms with van der Waals surface area (Å²) in [5.74, 6) is 0.601. The molecule has 0 aliphatic heterocycles. The number of rotatable bonds is 9. The molecule has 1 saturated carbocycles. The number of hydrogen-bond acceptors (Lipinski definition) is 3. The van der Waals surface area contributed by atoms with Crippen LogP contribution in [-0.2, 0) is 22.6 Å². The monoisotopic (exact) mass is 442 g/mol. The molecular weight excluding hydrogens is 412 g/mol. The van der Waals surface area contributed by atoms with Crippen molar-refractivity contribution in [1.82, 2.24) is 10.2 Å². The maximum atomic E-state index is 13.2. The zero-order chi connectivity index (χ0) is 22.2. The molecule has 6 heteroatoms. The zero-order valence-corrected chi connectivity index (χ0v) is 19.0. The second-order valence-corrected chi connectivity index (χ2v) is 8.53. The Labute approximate surface area is 189 Å². The predicted molar refractivity (Wildman–Crippen MR) is 123 cm³/mol. The molecule has 2 aromatic rings. The number of benzene rings is 2. The van der Waals surface area contributed by atoms with E-state index in [1.807, 2.05) is 48.5 Å². The fraction of sp³-hybridized carbons (Fsp3) is 0.440. The van der Waals surface area contributed by atoms with Gasteiger partial charge >= 0.3 is 0 Å². The van der Waals surface area contributed by atoms with Gasteiger partial charge < -0.3 is 15.0 Å². The van der Waals surface area contributed by atoms with Crippen LogP contribution in [0.3, 0.4) is 0 Å². The number of aryl methyl sites for hydroxylation is 1. The van der Waals surface area contributed by atoms with Crippen molar-refractivity contribution in [2.75, 3.05) is 7.11 Å². The molecule has 1 aliphatic rings. The van der Waals surface area contributed by atoms with Gasteiger partial charge in [-0.25, -0.2) is 0 Å². The number of carbonyl (C=O) groups is 2. The highest BCUT2D eigenvalue weighted by Crippen LogP contribution is 2.21. The van der Waals surface area contributed by atoms with Crippen molar-refractivity contribution in [2.24, 2.45) is 0 Å². The van der Waals surface area contributed by atoms with E-state index in [2.05, 4.69) is 5.32 Å². The number of ether oxygens (including phenoxy) is 1. The lowest BCUT2D eigenvalue weighted by Crippen LogP contribution is -2.49. The lowest BCUT2D eigenvalue weighted by Gasteiger charge is -2.30. The molecule has 1 N–H and O–H groups in total. The minimum Gasteiger partial charge on any atom is -0.497 e. The van der Waals surface area contributed by atoms with E-state index in [1.54, 1.807) is 18.9 Å². The van der Waals surface area contributed by atoms with Crippen LogP contribution in [0.5, 0.6) is 5.75 Å². The van der Waals surface area contributed by atoms with Gasteiger partial charge in [0.25, 0.3) is 0 Å². The molecule has 0 saturated heterocycles. The van der Waals surface area contributed by atoms with Crippen molar-refractivity contribution in [3.8, 4) is 5.75 Å². The third kappa shape index (κ3) is 6.47. The summed E-state index contributed by atoms with van der Waals surface area (Å²) in [7, 11) is 1.62. The van der Waals surface area contributed by atoms with Crippen LogP contribution < -0.4 is 10.1 Å². The lowest BCUT2D eigenvalue weighted by molar-refractivity contribution is -0.140. The molecule has 1 fully saturated rings. The molecule has 0 bridgehead atoms. The Morgan fingerprint density at radius 2 is 1.81 bits per heavy atom. The number of carbonyl (C=O) groups excluding carboxylic acids is 2. The van der Waals surface area contributed by atoms with Gasteiger partial charge in [0.1, 0.15) is 11.8 Å². The van der Waals surface area contributed by atoms with E-state index in [4.69, 9.17) is 16.3 Å². The van der Waals surface area contributed by atoms with Crippen molar-refractivity contribution in [2.45, 2.75) is 64.1 Å². The van der Waals surface area contributed by atoms with Crippen LogP contribution in [-0.4, -0.2) is 35.9 Å². The molecule has 2 amide bonds. The van der Waals surface area contributed by atoms with E-state index in [0.29, 0.717) is 24.4 Å². The Morgan fingerprint density at radius 3 is 2.45 bits per heavy atom. The molecule has 31 heavy (non-hydrogen) atoms. The first-order valence-electron chi connectivity index (χ1n) is 10.9. The summed E-state index contributed by atoms with van der Waals surface area (Å²) >= 11 is 6.25. The Hall–Kier alpha value is -2.53. The highest BCUT2D eigenvalue weighted by atomic mass is 35.5. The number of methoxy groups -OCH3 is 1. The smallest absolute Gasteiger partial charge is 0.242 e. The minimum absolute atomic E-state index is 0.0650. The summed E-state index contributed by atoms with van der Waals surface area (Å²) in [5, 5.41) is 3.78. The Bertz CT molecular complexity index is 879. The molecule has 5 nitrogen and oxygen atoms in total. The third-order valence-corrected chi connectivity index (χ3v) is 6.32. The number of halogens is 1. The van der Waals surface area contributed by atoms with E-state index in [9.17, 15) is 9.59 Å². The van der Waals surface area contributed by atoms with Crippen LogP contribution in [0.1, 0.15) is 50.2 Å². The first kappa shape index (κ1) is 23.1. The van der Waals surface area contributed by atoms with Crippen LogP contribution in [0.15, 0.2) is 48.5 Å². The number of hydrogen-bond donors (Lipinski definition) is 1. The average Bonchev–Trinajstić information content (AvgIpc) is 3.29. The van der Waals surface area contributed by atoms with Gasteiger partial charge in [-0.1, -0.05) is 54.8 Å². The quantitative estimate of drug-likeness (QED) is 0.609. The summed E-state index contributed by atoms with van der Waals surface area (Å²) in [5.41, 5.74) is 1.89. The molecule has 2 aromatic carbocycles. The maximum Gasteiger partial charge on any atom is 0.242 e. The van der Waals surface area contributed by atoms with Crippen LogP contribution in [0.4, 0.5) is 0 Å². The van der Waals surface area contributed by atoms with Crippen molar-refractivity contribution in [3.63, 3.8) is 0 Å². The Balaban J connectivity index is 1.72. The van der Waals surface area contributed by atoms with Gasteiger partial charge in [-0.2, -0.15) is 0 Å². The van der Waals surface area contributed by atoms with Gasteiger partial charge in [0.15, 0.2) is 0 Å². The van der Waals surface area contributed by atoms with Gasteiger partial charge in [0.05, 0.1) is 7.11 Å². The van der Waals surface area contributed by atoms with Crippen molar-refractivity contribution in [3.05, 3.63) is 64.7 Å². The molecular formula is C25H31ClN2O3. The van der Waals surface area contributed by atoms with E-state index < -0.39 is 6.04 Å². The van der Waals surface area contributed by atoms with Gasteiger partial charge in [0, 0.05) is 24.0 Å². The largest absolute Gasteiger partial charge is 0.497 e. The molecule has 3 rings (SSSR count). The number of nitrogens with zero attached hydrogens (tertiary/aromatic N) is 1. The van der Waals surface area contributed by atoms with Crippen LogP contribution in [0.25, 0.3) is 0 Å². The fourth-order valence-corrected chi connectivity index (χ4v) is 4.22. The molecule has 166 valence electrons. The first-order valence-corrected chi connectivity index (χ1v) is 11.3. The number of nitrogens with one attached hydrogen (secondary N) is 1. The Kier molecular flexibility index (Phi) is 8.35. The predicted octanol–water partition coefficient (Wildman–Crippen LogP) is 4.76. The second kappa shape index (κ2) is 11.2. The fourth-order valence-electron chi connectivity index (χ4n) is 3.99. The zero-order valence-electron chi connectivity index (χ0n) is 18.3. The summed E-state index contributed by atoms with van der Waals surface area (Å²) in [6, 6.07) is 14.8. The van der Waals surface area contributed by atoms with E-state index in [1.165, 1.54) is 0 Å². The SMILES string of the molecule is COc1ccc(CN(C(=O)CCc2ccccc2Cl)[C@@H](C)C(=O)NC2CCCC2)cc1. The van der Waals surface area contributed by atoms with Crippen LogP contribution in [0.2, 0.25) is 5.02 Å². The number of amides is 2. The van der Waals surface area contributed by atoms with Gasteiger partial charge in [-0.05, 0) is 55.5 Å². The molecule has 0 heterocycles. The standard InChI is InChI=1S/C25H31ClN2O3/c1-18(25(30)27-21-8-4-5-9-21)28(17-19-11-14-22(31-2)15-12-19)24(29)16-13-20-7-3-6-10-23(20)26/h3,6-7,10-12,14-15,18,21H,4-5,8-9,13,16-17H2,1-2H3,(H,27,30)/t18-/m0/s1. The first-order chi connectivity index (χ1) is 15.0. The summed E-state index contributed by atoms with van der Waals surface area (Å²) in [6.45, 7) is 2.17. The topological polar surface area (TPSA) is 58.6 Å². The van der Waals surface area contributed by atoms with Crippen LogP contribution >= 0.6 is 11.6 Å².